The van der Waals surface area contributed by atoms with E-state index in [-0.39, 0.29) is 11.8 Å². The predicted molar refractivity (Wildman–Crippen MR) is 197 cm³/mol. The monoisotopic (exact) mass is 674 g/mol. The highest BCUT2D eigenvalue weighted by molar-refractivity contribution is 7.13. The van der Waals surface area contributed by atoms with Crippen molar-refractivity contribution < 1.29 is 9.59 Å². The van der Waals surface area contributed by atoms with Crippen LogP contribution in [0.5, 0.6) is 0 Å². The number of thiophene rings is 2. The van der Waals surface area contributed by atoms with E-state index in [9.17, 15) is 9.59 Å². The summed E-state index contributed by atoms with van der Waals surface area (Å²) in [5.74, 6) is -0.105. The Morgan fingerprint density at radius 1 is 0.604 bits per heavy atom. The molecule has 1 saturated heterocycles. The van der Waals surface area contributed by atoms with Gasteiger partial charge < -0.3 is 20.4 Å². The number of piperazine rings is 1. The van der Waals surface area contributed by atoms with Gasteiger partial charge in [-0.2, -0.15) is 0 Å². The Morgan fingerprint density at radius 2 is 1.04 bits per heavy atom. The van der Waals surface area contributed by atoms with Gasteiger partial charge in [0.1, 0.15) is 0 Å². The molecule has 1 aliphatic heterocycles. The number of pyridine rings is 2. The van der Waals surface area contributed by atoms with Crippen LogP contribution in [0.3, 0.4) is 0 Å². The van der Waals surface area contributed by atoms with Gasteiger partial charge in [-0.15, -0.1) is 22.7 Å². The molecule has 2 N–H and O–H groups in total. The molecule has 8 nitrogen and oxygen atoms in total. The van der Waals surface area contributed by atoms with Gasteiger partial charge in [0.25, 0.3) is 11.8 Å². The lowest BCUT2D eigenvalue weighted by molar-refractivity contribution is 0.0936. The molecule has 0 atom stereocenters. The first-order chi connectivity index (χ1) is 23.6. The maximum absolute atomic E-state index is 13.3. The maximum Gasteiger partial charge on any atom is 0.252 e. The summed E-state index contributed by atoms with van der Waals surface area (Å²) in [6.45, 7) is 7.20. The number of nitrogens with zero attached hydrogens (tertiary/aromatic N) is 4. The summed E-state index contributed by atoms with van der Waals surface area (Å²) in [4.78, 5) is 43.2. The molecule has 0 saturated carbocycles. The molecule has 1 aliphatic rings. The summed E-state index contributed by atoms with van der Waals surface area (Å²) in [5.41, 5.74) is 4.68. The van der Waals surface area contributed by atoms with Crippen LogP contribution in [-0.4, -0.2) is 83.9 Å². The largest absolute Gasteiger partial charge is 0.352 e. The van der Waals surface area contributed by atoms with Gasteiger partial charge in [-0.3, -0.25) is 9.59 Å². The maximum atomic E-state index is 13.3. The van der Waals surface area contributed by atoms with Gasteiger partial charge in [-0.25, -0.2) is 9.97 Å². The van der Waals surface area contributed by atoms with Crippen LogP contribution < -0.4 is 10.6 Å². The lowest BCUT2D eigenvalue weighted by atomic mass is 10.1. The van der Waals surface area contributed by atoms with E-state index in [0.29, 0.717) is 24.2 Å². The number of para-hydroxylation sites is 2. The molecular formula is C38H38N6O2S2. The fourth-order valence-corrected chi connectivity index (χ4v) is 7.64. The number of nitrogens with one attached hydrogen (secondary N) is 2. The Morgan fingerprint density at radius 3 is 1.46 bits per heavy atom. The molecule has 4 aromatic heterocycles. The minimum Gasteiger partial charge on any atom is -0.352 e. The van der Waals surface area contributed by atoms with Gasteiger partial charge in [0.2, 0.25) is 0 Å². The highest BCUT2D eigenvalue weighted by Crippen LogP contribution is 2.29. The number of hydrogen-bond acceptors (Lipinski definition) is 8. The number of fused-ring (bicyclic) bond motifs is 2. The van der Waals surface area contributed by atoms with Crippen LogP contribution in [0.15, 0.2) is 95.7 Å². The van der Waals surface area contributed by atoms with Gasteiger partial charge in [0.05, 0.1) is 43.3 Å². The first-order valence-corrected chi connectivity index (χ1v) is 18.3. The van der Waals surface area contributed by atoms with Crippen molar-refractivity contribution in [3.8, 4) is 21.1 Å². The Labute approximate surface area is 288 Å². The van der Waals surface area contributed by atoms with Crippen molar-refractivity contribution in [3.63, 3.8) is 0 Å². The van der Waals surface area contributed by atoms with E-state index in [0.717, 1.165) is 95.1 Å². The molecule has 2 aromatic carbocycles. The number of benzene rings is 2. The zero-order chi connectivity index (χ0) is 32.7. The van der Waals surface area contributed by atoms with E-state index in [1.54, 1.807) is 22.7 Å². The lowest BCUT2D eigenvalue weighted by Gasteiger charge is -2.34. The van der Waals surface area contributed by atoms with Crippen LogP contribution in [0.1, 0.15) is 33.6 Å². The van der Waals surface area contributed by atoms with E-state index < -0.39 is 0 Å². The molecule has 0 spiro atoms. The number of rotatable bonds is 12. The standard InChI is InChI=1S/C38H38N6O2S2/c45-37(29-25-33(35-13-5-23-47-35)41-31-11-3-1-9-27(29)31)39-15-7-17-43-19-21-44(22-20-43)18-8-16-40-38(46)30-26-34(36-14-6-24-48-36)42-32-12-4-2-10-28(30)32/h1-6,9-14,23-26H,7-8,15-22H2,(H,39,45)(H,40,46). The highest BCUT2D eigenvalue weighted by Gasteiger charge is 2.18. The number of hydrogen-bond donors (Lipinski definition) is 2. The topological polar surface area (TPSA) is 90.5 Å². The third kappa shape index (κ3) is 7.47. The first-order valence-electron chi connectivity index (χ1n) is 16.5. The van der Waals surface area contributed by atoms with E-state index in [4.69, 9.17) is 9.97 Å². The fourth-order valence-electron chi connectivity index (χ4n) is 6.26. The van der Waals surface area contributed by atoms with Crippen LogP contribution in [-0.2, 0) is 0 Å². The second kappa shape index (κ2) is 15.2. The average Bonchev–Trinajstić information content (AvgIpc) is 3.87. The van der Waals surface area contributed by atoms with Crippen molar-refractivity contribution >= 4 is 56.3 Å². The second-order valence-electron chi connectivity index (χ2n) is 12.0. The summed E-state index contributed by atoms with van der Waals surface area (Å²) in [6.07, 6.45) is 1.80. The third-order valence-corrected chi connectivity index (χ3v) is 10.6. The molecule has 10 heteroatoms. The summed E-state index contributed by atoms with van der Waals surface area (Å²) in [5, 5.41) is 12.1. The van der Waals surface area contributed by atoms with Crippen LogP contribution in [0.2, 0.25) is 0 Å². The molecule has 0 bridgehead atoms. The second-order valence-corrected chi connectivity index (χ2v) is 13.9. The minimum absolute atomic E-state index is 0.0524. The Kier molecular flexibility index (Phi) is 10.1. The first kappa shape index (κ1) is 32.1. The van der Waals surface area contributed by atoms with Crippen molar-refractivity contribution in [1.29, 1.82) is 0 Å². The SMILES string of the molecule is O=C(NCCCN1CCN(CCCNC(=O)c2cc(-c3cccs3)nc3ccccc23)CC1)c1cc(-c2cccs2)nc2ccccc12. The molecule has 0 unspecified atom stereocenters. The van der Waals surface area contributed by atoms with Crippen molar-refractivity contribution in [2.75, 3.05) is 52.4 Å². The smallest absolute Gasteiger partial charge is 0.252 e. The molecule has 2 amide bonds. The van der Waals surface area contributed by atoms with E-state index in [1.165, 1.54) is 0 Å². The molecule has 0 radical (unpaired) electrons. The quantitative estimate of drug-likeness (QED) is 0.139. The average molecular weight is 675 g/mol. The zero-order valence-electron chi connectivity index (χ0n) is 26.7. The van der Waals surface area contributed by atoms with Gasteiger partial charge >= 0.3 is 0 Å². The summed E-state index contributed by atoms with van der Waals surface area (Å²) in [6, 6.07) is 27.6. The predicted octanol–water partition coefficient (Wildman–Crippen LogP) is 6.80. The van der Waals surface area contributed by atoms with Gasteiger partial charge in [-0.05, 0) is 73.1 Å². The van der Waals surface area contributed by atoms with Crippen LogP contribution >= 0.6 is 22.7 Å². The molecule has 0 aliphatic carbocycles. The molecule has 7 rings (SSSR count). The zero-order valence-corrected chi connectivity index (χ0v) is 28.4. The van der Waals surface area contributed by atoms with Crippen LogP contribution in [0.4, 0.5) is 0 Å². The van der Waals surface area contributed by atoms with Gasteiger partial charge in [0, 0.05) is 50.0 Å². The molecule has 5 heterocycles. The number of aromatic nitrogens is 2. The fraction of sp³-hybridized carbons (Fsp3) is 0.263. The Balaban J connectivity index is 0.835. The van der Waals surface area contributed by atoms with Crippen molar-refractivity contribution in [2.24, 2.45) is 0 Å². The summed E-state index contributed by atoms with van der Waals surface area (Å²) in [7, 11) is 0. The number of amides is 2. The van der Waals surface area contributed by atoms with Crippen molar-refractivity contribution in [2.45, 2.75) is 12.8 Å². The van der Waals surface area contributed by atoms with E-state index in [1.807, 2.05) is 95.7 Å². The normalized spacial score (nSPS) is 14.0. The third-order valence-electron chi connectivity index (χ3n) is 8.81. The van der Waals surface area contributed by atoms with Gasteiger partial charge in [0.15, 0.2) is 0 Å². The minimum atomic E-state index is -0.0524. The van der Waals surface area contributed by atoms with Crippen LogP contribution in [0, 0.1) is 0 Å². The lowest BCUT2D eigenvalue weighted by Crippen LogP contribution is -2.47. The van der Waals surface area contributed by atoms with Gasteiger partial charge in [-0.1, -0.05) is 48.5 Å². The Bertz CT molecular complexity index is 1860. The number of carbonyl (C=O) groups is 2. The number of carbonyl (C=O) groups excluding carboxylic acids is 2. The van der Waals surface area contributed by atoms with Crippen molar-refractivity contribution in [1.82, 2.24) is 30.4 Å². The summed E-state index contributed by atoms with van der Waals surface area (Å²) >= 11 is 3.25. The van der Waals surface area contributed by atoms with Crippen molar-refractivity contribution in [3.05, 3.63) is 107 Å². The highest BCUT2D eigenvalue weighted by atomic mass is 32.1. The molecule has 6 aromatic rings. The summed E-state index contributed by atoms with van der Waals surface area (Å²) < 4.78 is 0. The van der Waals surface area contributed by atoms with E-state index in [2.05, 4.69) is 20.4 Å². The van der Waals surface area contributed by atoms with Crippen LogP contribution in [0.25, 0.3) is 42.9 Å². The Hall–Kier alpha value is -4.48. The molecule has 1 fully saturated rings. The molecule has 244 valence electrons. The van der Waals surface area contributed by atoms with E-state index >= 15 is 0 Å². The molecule has 48 heavy (non-hydrogen) atoms. The molecular weight excluding hydrogens is 637 g/mol.